The predicted molar refractivity (Wildman–Crippen MR) is 63.9 cm³/mol. The Morgan fingerprint density at radius 2 is 1.73 bits per heavy atom. The van der Waals surface area contributed by atoms with E-state index in [-0.39, 0.29) is 11.3 Å². The molecule has 0 N–H and O–H groups in total. The summed E-state index contributed by atoms with van der Waals surface area (Å²) in [6.07, 6.45) is 0.608. The third-order valence-electron chi connectivity index (χ3n) is 2.67. The zero-order chi connectivity index (χ0) is 11.5. The van der Waals surface area contributed by atoms with Crippen molar-refractivity contribution < 1.29 is 4.79 Å². The fourth-order valence-electron chi connectivity index (χ4n) is 2.02. The van der Waals surface area contributed by atoms with Gasteiger partial charge in [-0.2, -0.15) is 0 Å². The summed E-state index contributed by atoms with van der Waals surface area (Å²) in [5, 5.41) is 0. The molecule has 82 valence electrons. The van der Waals surface area contributed by atoms with E-state index in [0.29, 0.717) is 12.2 Å². The summed E-state index contributed by atoms with van der Waals surface area (Å²) in [5.74, 6) is 0.345. The Hall–Kier alpha value is -1.11. The average molecular weight is 204 g/mol. The quantitative estimate of drug-likeness (QED) is 0.732. The fourth-order valence-corrected chi connectivity index (χ4v) is 2.02. The molecule has 0 aliphatic heterocycles. The molecule has 0 saturated carbocycles. The Balaban J connectivity index is 3.08. The molecule has 1 atom stereocenters. The fraction of sp³-hybridized carbons (Fsp3) is 0.500. The van der Waals surface area contributed by atoms with Crippen LogP contribution in [0.15, 0.2) is 30.3 Å². The largest absolute Gasteiger partial charge is 0.299 e. The van der Waals surface area contributed by atoms with Gasteiger partial charge in [0.15, 0.2) is 0 Å². The Morgan fingerprint density at radius 3 is 2.13 bits per heavy atom. The highest BCUT2D eigenvalue weighted by molar-refractivity contribution is 5.86. The maximum absolute atomic E-state index is 12.0. The van der Waals surface area contributed by atoms with Crippen molar-refractivity contribution >= 4 is 5.78 Å². The van der Waals surface area contributed by atoms with E-state index >= 15 is 0 Å². The number of carbonyl (C=O) groups is 1. The van der Waals surface area contributed by atoms with Crippen molar-refractivity contribution in [2.24, 2.45) is 5.41 Å². The lowest BCUT2D eigenvalue weighted by Gasteiger charge is -2.29. The maximum Gasteiger partial charge on any atom is 0.140 e. The molecule has 1 aromatic carbocycles. The third kappa shape index (κ3) is 2.92. The van der Waals surface area contributed by atoms with Crippen molar-refractivity contribution in [1.29, 1.82) is 0 Å². The highest BCUT2D eigenvalue weighted by atomic mass is 16.1. The number of benzene rings is 1. The molecule has 15 heavy (non-hydrogen) atoms. The number of hydrogen-bond donors (Lipinski definition) is 0. The number of Topliss-reactive ketones (excluding diaryl/α,β-unsaturated/α-hetero) is 1. The van der Waals surface area contributed by atoms with Crippen LogP contribution in [0.25, 0.3) is 0 Å². The first-order valence-corrected chi connectivity index (χ1v) is 5.54. The molecule has 0 aliphatic carbocycles. The number of hydrogen-bond acceptors (Lipinski definition) is 1. The van der Waals surface area contributed by atoms with Gasteiger partial charge in [-0.25, -0.2) is 0 Å². The van der Waals surface area contributed by atoms with E-state index < -0.39 is 0 Å². The van der Waals surface area contributed by atoms with Gasteiger partial charge in [0.25, 0.3) is 0 Å². The van der Waals surface area contributed by atoms with Gasteiger partial charge in [-0.05, 0) is 11.0 Å². The van der Waals surface area contributed by atoms with E-state index in [1.807, 2.05) is 37.3 Å². The van der Waals surface area contributed by atoms with Crippen LogP contribution in [-0.2, 0) is 4.79 Å². The molecule has 1 rings (SSSR count). The highest BCUT2D eigenvalue weighted by Crippen LogP contribution is 2.36. The van der Waals surface area contributed by atoms with Gasteiger partial charge < -0.3 is 0 Å². The zero-order valence-corrected chi connectivity index (χ0v) is 10.1. The van der Waals surface area contributed by atoms with Gasteiger partial charge >= 0.3 is 0 Å². The Labute approximate surface area is 92.5 Å². The normalized spacial score (nSPS) is 13.6. The van der Waals surface area contributed by atoms with Crippen LogP contribution in [0.2, 0.25) is 0 Å². The monoisotopic (exact) mass is 204 g/mol. The van der Waals surface area contributed by atoms with Crippen LogP contribution >= 0.6 is 0 Å². The van der Waals surface area contributed by atoms with Crippen molar-refractivity contribution in [2.45, 2.75) is 40.0 Å². The second-order valence-electron chi connectivity index (χ2n) is 5.03. The summed E-state index contributed by atoms with van der Waals surface area (Å²) < 4.78 is 0. The zero-order valence-electron chi connectivity index (χ0n) is 10.1. The molecule has 0 saturated heterocycles. The molecular weight excluding hydrogens is 184 g/mol. The molecule has 0 aromatic heterocycles. The molecular formula is C14H20O. The summed E-state index contributed by atoms with van der Waals surface area (Å²) in [6, 6.07) is 10.1. The smallest absolute Gasteiger partial charge is 0.140 e. The van der Waals surface area contributed by atoms with Gasteiger partial charge in [-0.15, -0.1) is 0 Å². The minimum absolute atomic E-state index is 0.00551. The standard InChI is InChI=1S/C14H20O/c1-5-12(15)13(14(2,3)4)11-9-7-6-8-10-11/h6-10,13H,5H2,1-4H3. The summed E-state index contributed by atoms with van der Waals surface area (Å²) in [6.45, 7) is 8.30. The molecule has 1 nitrogen and oxygen atoms in total. The van der Waals surface area contributed by atoms with Gasteiger partial charge in [-0.1, -0.05) is 58.0 Å². The van der Waals surface area contributed by atoms with Crippen molar-refractivity contribution in [3.05, 3.63) is 35.9 Å². The molecule has 0 aliphatic rings. The van der Waals surface area contributed by atoms with Crippen molar-refractivity contribution in [3.63, 3.8) is 0 Å². The lowest BCUT2D eigenvalue weighted by molar-refractivity contribution is -0.122. The summed E-state index contributed by atoms with van der Waals surface area (Å²) in [5.41, 5.74) is 1.13. The molecule has 1 heteroatoms. The van der Waals surface area contributed by atoms with Crippen LogP contribution in [0.3, 0.4) is 0 Å². The van der Waals surface area contributed by atoms with E-state index in [1.165, 1.54) is 0 Å². The number of carbonyl (C=O) groups excluding carboxylic acids is 1. The van der Waals surface area contributed by atoms with Crippen LogP contribution in [0, 0.1) is 5.41 Å². The maximum atomic E-state index is 12.0. The second-order valence-corrected chi connectivity index (χ2v) is 5.03. The van der Waals surface area contributed by atoms with E-state index in [1.54, 1.807) is 0 Å². The van der Waals surface area contributed by atoms with Crippen molar-refractivity contribution in [1.82, 2.24) is 0 Å². The first-order valence-electron chi connectivity index (χ1n) is 5.54. The predicted octanol–water partition coefficient (Wildman–Crippen LogP) is 3.80. The third-order valence-corrected chi connectivity index (χ3v) is 2.67. The molecule has 0 bridgehead atoms. The minimum Gasteiger partial charge on any atom is -0.299 e. The highest BCUT2D eigenvalue weighted by Gasteiger charge is 2.31. The van der Waals surface area contributed by atoms with Gasteiger partial charge in [0.2, 0.25) is 0 Å². The molecule has 0 spiro atoms. The van der Waals surface area contributed by atoms with Gasteiger partial charge in [0.05, 0.1) is 0 Å². The first kappa shape index (κ1) is 12.0. The van der Waals surface area contributed by atoms with Gasteiger partial charge in [-0.3, -0.25) is 4.79 Å². The summed E-state index contributed by atoms with van der Waals surface area (Å²) in [7, 11) is 0. The number of ketones is 1. The Bertz CT molecular complexity index is 319. The minimum atomic E-state index is -0.00551. The Kier molecular flexibility index (Phi) is 3.67. The molecule has 1 unspecified atom stereocenters. The SMILES string of the molecule is CCC(=O)C(c1ccccc1)C(C)(C)C. The topological polar surface area (TPSA) is 17.1 Å². The summed E-state index contributed by atoms with van der Waals surface area (Å²) in [4.78, 5) is 12.0. The van der Waals surface area contributed by atoms with Gasteiger partial charge in [0.1, 0.15) is 5.78 Å². The molecule has 0 fully saturated rings. The van der Waals surface area contributed by atoms with Crippen LogP contribution < -0.4 is 0 Å². The van der Waals surface area contributed by atoms with E-state index in [9.17, 15) is 4.79 Å². The molecule has 1 aromatic rings. The first-order chi connectivity index (χ1) is 6.96. The van der Waals surface area contributed by atoms with Crippen LogP contribution in [-0.4, -0.2) is 5.78 Å². The molecule has 0 heterocycles. The Morgan fingerprint density at radius 1 is 1.20 bits per heavy atom. The van der Waals surface area contributed by atoms with E-state index in [2.05, 4.69) is 20.8 Å². The molecule has 0 radical (unpaired) electrons. The summed E-state index contributed by atoms with van der Waals surface area (Å²) >= 11 is 0. The van der Waals surface area contributed by atoms with Crippen LogP contribution in [0.1, 0.15) is 45.6 Å². The van der Waals surface area contributed by atoms with Crippen molar-refractivity contribution in [3.8, 4) is 0 Å². The molecule has 0 amide bonds. The number of rotatable bonds is 3. The lowest BCUT2D eigenvalue weighted by Crippen LogP contribution is -2.25. The average Bonchev–Trinajstić information content (AvgIpc) is 2.17. The van der Waals surface area contributed by atoms with Crippen LogP contribution in [0.4, 0.5) is 0 Å². The van der Waals surface area contributed by atoms with E-state index in [0.717, 1.165) is 5.56 Å². The van der Waals surface area contributed by atoms with E-state index in [4.69, 9.17) is 0 Å². The second kappa shape index (κ2) is 4.61. The lowest BCUT2D eigenvalue weighted by atomic mass is 9.73. The van der Waals surface area contributed by atoms with Gasteiger partial charge in [0, 0.05) is 12.3 Å². The van der Waals surface area contributed by atoms with Crippen molar-refractivity contribution in [2.75, 3.05) is 0 Å². The van der Waals surface area contributed by atoms with Crippen LogP contribution in [0.5, 0.6) is 0 Å².